The van der Waals surface area contributed by atoms with E-state index >= 15 is 0 Å². The van der Waals surface area contributed by atoms with Crippen LogP contribution in [0.4, 0.5) is 26.3 Å². The molecule has 0 amide bonds. The van der Waals surface area contributed by atoms with Gasteiger partial charge < -0.3 is 0 Å². The molecule has 4 aromatic rings. The van der Waals surface area contributed by atoms with Gasteiger partial charge in [-0.05, 0) is 55.1 Å². The molecule has 0 unspecified atom stereocenters. The molecule has 0 atom stereocenters. The molecule has 6 rings (SSSR count). The SMILES string of the molecule is FC(F)(F)c1ccc2c(c1)-c1ccccc1[Si]21c2ccccc2-c2cc(C(F)(F)F)ccc21. The third-order valence-electron chi connectivity index (χ3n) is 6.74. The van der Waals surface area contributed by atoms with Crippen LogP contribution in [0.2, 0.25) is 0 Å². The van der Waals surface area contributed by atoms with Gasteiger partial charge in [0.2, 0.25) is 0 Å². The van der Waals surface area contributed by atoms with Gasteiger partial charge >= 0.3 is 12.4 Å². The van der Waals surface area contributed by atoms with Gasteiger partial charge in [0.05, 0.1) is 11.1 Å². The summed E-state index contributed by atoms with van der Waals surface area (Å²) in [6, 6.07) is 22.3. The summed E-state index contributed by atoms with van der Waals surface area (Å²) in [7, 11) is -3.05. The van der Waals surface area contributed by atoms with Gasteiger partial charge in [0.1, 0.15) is 0 Å². The number of alkyl halides is 6. The Morgan fingerprint density at radius 1 is 0.424 bits per heavy atom. The van der Waals surface area contributed by atoms with E-state index in [4.69, 9.17) is 0 Å². The fourth-order valence-corrected chi connectivity index (χ4v) is 11.1. The van der Waals surface area contributed by atoms with E-state index in [1.165, 1.54) is 24.3 Å². The minimum absolute atomic E-state index is 0.509. The summed E-state index contributed by atoms with van der Waals surface area (Å²) in [5.74, 6) is 0. The second-order valence-electron chi connectivity index (χ2n) is 8.36. The van der Waals surface area contributed by atoms with Gasteiger partial charge in [-0.15, -0.1) is 0 Å². The molecule has 33 heavy (non-hydrogen) atoms. The van der Waals surface area contributed by atoms with Crippen molar-refractivity contribution in [3.8, 4) is 22.3 Å². The zero-order chi connectivity index (χ0) is 23.2. The summed E-state index contributed by atoms with van der Waals surface area (Å²) in [6.45, 7) is 0. The minimum Gasteiger partial charge on any atom is -0.166 e. The van der Waals surface area contributed by atoms with E-state index in [0.717, 1.165) is 32.9 Å². The molecular formula is C26H14F6Si. The van der Waals surface area contributed by atoms with Crippen molar-refractivity contribution in [2.45, 2.75) is 12.4 Å². The quantitative estimate of drug-likeness (QED) is 0.216. The van der Waals surface area contributed by atoms with E-state index in [2.05, 4.69) is 0 Å². The van der Waals surface area contributed by atoms with Gasteiger partial charge in [0, 0.05) is 0 Å². The van der Waals surface area contributed by atoms with Crippen LogP contribution in [0.5, 0.6) is 0 Å². The number of halogens is 6. The molecule has 0 fully saturated rings. The predicted octanol–water partition coefficient (Wildman–Crippen LogP) is 5.06. The zero-order valence-corrected chi connectivity index (χ0v) is 17.9. The Kier molecular flexibility index (Phi) is 3.92. The first-order valence-electron chi connectivity index (χ1n) is 10.3. The van der Waals surface area contributed by atoms with E-state index in [-0.39, 0.29) is 0 Å². The van der Waals surface area contributed by atoms with Crippen LogP contribution < -0.4 is 20.7 Å². The maximum Gasteiger partial charge on any atom is 0.416 e. The van der Waals surface area contributed by atoms with Gasteiger partial charge in [0.15, 0.2) is 8.07 Å². The van der Waals surface area contributed by atoms with Crippen LogP contribution in [0.25, 0.3) is 22.3 Å². The smallest absolute Gasteiger partial charge is 0.166 e. The lowest BCUT2D eigenvalue weighted by molar-refractivity contribution is -0.138. The third kappa shape index (κ3) is 2.60. The molecule has 0 radical (unpaired) electrons. The van der Waals surface area contributed by atoms with Crippen molar-refractivity contribution in [3.05, 3.63) is 96.1 Å². The van der Waals surface area contributed by atoms with Gasteiger partial charge in [-0.2, -0.15) is 26.3 Å². The van der Waals surface area contributed by atoms with Gasteiger partial charge in [-0.3, -0.25) is 0 Å². The molecule has 4 aromatic carbocycles. The average molecular weight is 468 g/mol. The number of fused-ring (bicyclic) bond motifs is 10. The van der Waals surface area contributed by atoms with Crippen LogP contribution in [0, 0.1) is 0 Å². The third-order valence-corrected chi connectivity index (χ3v) is 11.7. The second-order valence-corrected chi connectivity index (χ2v) is 12.0. The Balaban J connectivity index is 1.75. The summed E-state index contributed by atoms with van der Waals surface area (Å²) in [6.07, 6.45) is -8.98. The molecule has 0 bridgehead atoms. The van der Waals surface area contributed by atoms with Crippen molar-refractivity contribution in [1.29, 1.82) is 0 Å². The monoisotopic (exact) mass is 468 g/mol. The summed E-state index contributed by atoms with van der Waals surface area (Å²) >= 11 is 0. The first-order chi connectivity index (χ1) is 15.6. The Morgan fingerprint density at radius 3 is 1.18 bits per heavy atom. The van der Waals surface area contributed by atoms with Crippen LogP contribution in [-0.4, -0.2) is 8.07 Å². The molecule has 0 saturated heterocycles. The summed E-state index contributed by atoms with van der Waals surface area (Å²) < 4.78 is 81.2. The zero-order valence-electron chi connectivity index (χ0n) is 16.9. The highest BCUT2D eigenvalue weighted by Gasteiger charge is 2.54. The minimum atomic E-state index is -4.49. The van der Waals surface area contributed by atoms with E-state index in [1.54, 1.807) is 24.3 Å². The molecule has 0 aliphatic carbocycles. The van der Waals surface area contributed by atoms with Gasteiger partial charge in [-0.1, -0.05) is 72.8 Å². The lowest BCUT2D eigenvalue weighted by Crippen LogP contribution is -2.70. The van der Waals surface area contributed by atoms with Crippen molar-refractivity contribution in [3.63, 3.8) is 0 Å². The number of rotatable bonds is 0. The maximum absolute atomic E-state index is 13.5. The fourth-order valence-electron chi connectivity index (χ4n) is 5.50. The molecule has 2 heterocycles. The van der Waals surface area contributed by atoms with Crippen molar-refractivity contribution in [1.82, 2.24) is 0 Å². The number of benzene rings is 4. The van der Waals surface area contributed by atoms with Gasteiger partial charge in [-0.25, -0.2) is 0 Å². The molecule has 0 saturated carbocycles. The van der Waals surface area contributed by atoms with Crippen molar-refractivity contribution in [2.75, 3.05) is 0 Å². The van der Waals surface area contributed by atoms with E-state index in [1.807, 2.05) is 24.3 Å². The fraction of sp³-hybridized carbons (Fsp3) is 0.0769. The second kappa shape index (κ2) is 6.38. The van der Waals surface area contributed by atoms with E-state index in [9.17, 15) is 26.3 Å². The van der Waals surface area contributed by atoms with Crippen molar-refractivity contribution >= 4 is 28.8 Å². The summed E-state index contributed by atoms with van der Waals surface area (Å²) in [4.78, 5) is 0. The van der Waals surface area contributed by atoms with Crippen LogP contribution in [0.3, 0.4) is 0 Å². The highest BCUT2D eigenvalue weighted by molar-refractivity contribution is 7.24. The maximum atomic E-state index is 13.5. The van der Waals surface area contributed by atoms with Crippen molar-refractivity contribution < 1.29 is 26.3 Å². The topological polar surface area (TPSA) is 0 Å². The highest BCUT2D eigenvalue weighted by atomic mass is 28.3. The number of hydrogen-bond acceptors (Lipinski definition) is 0. The van der Waals surface area contributed by atoms with Crippen LogP contribution in [0.15, 0.2) is 84.9 Å². The molecule has 2 aliphatic heterocycles. The Hall–Kier alpha value is -3.32. The summed E-state index contributed by atoms with van der Waals surface area (Å²) in [5, 5.41) is 3.38. The standard InChI is InChI=1S/C26H14F6Si/c27-25(28,29)15-9-11-23-19(13-15)17-5-1-3-7-21(17)33(23)22-8-4-2-6-18(22)20-14-16(26(30,31)32)10-12-24(20)33/h1-14H. The van der Waals surface area contributed by atoms with Crippen LogP contribution in [0.1, 0.15) is 11.1 Å². The lowest BCUT2D eigenvalue weighted by atomic mass is 10.0. The molecule has 164 valence electrons. The predicted molar refractivity (Wildman–Crippen MR) is 118 cm³/mol. The first kappa shape index (κ1) is 20.3. The molecule has 0 nitrogen and oxygen atoms in total. The molecule has 7 heteroatoms. The number of hydrogen-bond donors (Lipinski definition) is 0. The molecule has 0 N–H and O–H groups in total. The Morgan fingerprint density at radius 2 is 0.788 bits per heavy atom. The Bertz CT molecular complexity index is 1340. The van der Waals surface area contributed by atoms with E-state index in [0.29, 0.717) is 22.3 Å². The largest absolute Gasteiger partial charge is 0.416 e. The molecule has 1 spiro atoms. The van der Waals surface area contributed by atoms with Crippen LogP contribution >= 0.6 is 0 Å². The van der Waals surface area contributed by atoms with E-state index < -0.39 is 31.6 Å². The summed E-state index contributed by atoms with van der Waals surface area (Å²) in [5.41, 5.74) is 0.979. The average Bonchev–Trinajstić information content (AvgIpc) is 3.24. The van der Waals surface area contributed by atoms with Crippen LogP contribution in [-0.2, 0) is 12.4 Å². The highest BCUT2D eigenvalue weighted by Crippen LogP contribution is 2.40. The normalized spacial score (nSPS) is 15.2. The molecule has 0 aromatic heterocycles. The molecule has 2 aliphatic rings. The van der Waals surface area contributed by atoms with Gasteiger partial charge in [0.25, 0.3) is 0 Å². The van der Waals surface area contributed by atoms with Crippen molar-refractivity contribution in [2.24, 2.45) is 0 Å². The first-order valence-corrected chi connectivity index (χ1v) is 12.3. The Labute approximate surface area is 186 Å². The molecular weight excluding hydrogens is 454 g/mol. The lowest BCUT2D eigenvalue weighted by Gasteiger charge is -2.28.